The first-order valence-electron chi connectivity index (χ1n) is 7.08. The van der Waals surface area contributed by atoms with E-state index < -0.39 is 10.0 Å². The van der Waals surface area contributed by atoms with E-state index in [9.17, 15) is 8.42 Å². The predicted octanol–water partition coefficient (Wildman–Crippen LogP) is 1.79. The molecule has 0 aliphatic rings. The molecule has 0 aliphatic heterocycles. The highest BCUT2D eigenvalue weighted by Gasteiger charge is 2.17. The summed E-state index contributed by atoms with van der Waals surface area (Å²) < 4.78 is 28.0. The minimum atomic E-state index is -3.49. The van der Waals surface area contributed by atoms with Gasteiger partial charge in [0.15, 0.2) is 0 Å². The highest BCUT2D eigenvalue weighted by molar-refractivity contribution is 9.10. The standard InChI is InChI=1S/C14H24BrN3O2S/c1-4-16-11-12-6-7-13(15)14(10-12)21(19,20)17-8-9-18(3)5-2/h6-7,10,16-17H,4-5,8-9,11H2,1-3H3. The van der Waals surface area contributed by atoms with Gasteiger partial charge in [0.05, 0.1) is 4.90 Å². The van der Waals surface area contributed by atoms with Crippen LogP contribution in [0.1, 0.15) is 19.4 Å². The molecule has 0 aromatic heterocycles. The quantitative estimate of drug-likeness (QED) is 0.688. The van der Waals surface area contributed by atoms with Crippen LogP contribution in [0.2, 0.25) is 0 Å². The number of nitrogens with zero attached hydrogens (tertiary/aromatic N) is 1. The van der Waals surface area contributed by atoms with Gasteiger partial charge in [-0.25, -0.2) is 13.1 Å². The van der Waals surface area contributed by atoms with E-state index in [1.54, 1.807) is 12.1 Å². The third kappa shape index (κ3) is 6.04. The van der Waals surface area contributed by atoms with Crippen molar-refractivity contribution in [2.24, 2.45) is 0 Å². The molecule has 0 aliphatic carbocycles. The third-order valence-electron chi connectivity index (χ3n) is 3.19. The average molecular weight is 378 g/mol. The Morgan fingerprint density at radius 1 is 1.29 bits per heavy atom. The van der Waals surface area contributed by atoms with E-state index in [-0.39, 0.29) is 4.90 Å². The van der Waals surface area contributed by atoms with Crippen LogP contribution in [0.25, 0.3) is 0 Å². The second kappa shape index (κ2) is 8.85. The summed E-state index contributed by atoms with van der Waals surface area (Å²) in [6.07, 6.45) is 0. The fourth-order valence-electron chi connectivity index (χ4n) is 1.74. The topological polar surface area (TPSA) is 61.4 Å². The maximum absolute atomic E-state index is 12.4. The zero-order valence-electron chi connectivity index (χ0n) is 12.8. The molecule has 0 unspecified atom stereocenters. The summed E-state index contributed by atoms with van der Waals surface area (Å²) in [6.45, 7) is 7.53. The van der Waals surface area contributed by atoms with Crippen LogP contribution < -0.4 is 10.0 Å². The van der Waals surface area contributed by atoms with Gasteiger partial charge in [-0.1, -0.05) is 19.9 Å². The smallest absolute Gasteiger partial charge is 0.241 e. The van der Waals surface area contributed by atoms with Gasteiger partial charge in [0, 0.05) is 24.1 Å². The first kappa shape index (κ1) is 18.6. The summed E-state index contributed by atoms with van der Waals surface area (Å²) >= 11 is 3.32. The molecule has 0 bridgehead atoms. The summed E-state index contributed by atoms with van der Waals surface area (Å²) in [5, 5.41) is 3.19. The van der Waals surface area contributed by atoms with E-state index >= 15 is 0 Å². The first-order valence-corrected chi connectivity index (χ1v) is 9.35. The molecule has 1 aromatic rings. The second-order valence-electron chi connectivity index (χ2n) is 4.84. The lowest BCUT2D eigenvalue weighted by Crippen LogP contribution is -2.33. The van der Waals surface area contributed by atoms with Gasteiger partial charge in [-0.15, -0.1) is 0 Å². The van der Waals surface area contributed by atoms with E-state index in [1.807, 2.05) is 27.0 Å². The lowest BCUT2D eigenvalue weighted by atomic mass is 10.2. The lowest BCUT2D eigenvalue weighted by molar-refractivity contribution is 0.358. The van der Waals surface area contributed by atoms with Crippen LogP contribution in [0.4, 0.5) is 0 Å². The Bertz CT molecular complexity index is 549. The summed E-state index contributed by atoms with van der Waals surface area (Å²) in [7, 11) is -1.53. The highest BCUT2D eigenvalue weighted by Crippen LogP contribution is 2.23. The average Bonchev–Trinajstić information content (AvgIpc) is 2.45. The van der Waals surface area contributed by atoms with Crippen molar-refractivity contribution in [2.75, 3.05) is 33.2 Å². The number of halogens is 1. The Balaban J connectivity index is 2.81. The Morgan fingerprint density at radius 2 is 2.00 bits per heavy atom. The Morgan fingerprint density at radius 3 is 2.62 bits per heavy atom. The maximum atomic E-state index is 12.4. The van der Waals surface area contributed by atoms with E-state index in [1.165, 1.54) is 0 Å². The van der Waals surface area contributed by atoms with Gasteiger partial charge in [-0.05, 0) is 53.8 Å². The number of nitrogens with one attached hydrogen (secondary N) is 2. The van der Waals surface area contributed by atoms with Gasteiger partial charge in [-0.3, -0.25) is 0 Å². The van der Waals surface area contributed by atoms with E-state index in [2.05, 4.69) is 30.9 Å². The number of likely N-dealkylation sites (N-methyl/N-ethyl adjacent to an activating group) is 1. The molecular formula is C14H24BrN3O2S. The number of hydrogen-bond donors (Lipinski definition) is 2. The van der Waals surface area contributed by atoms with Crippen LogP contribution in [0, 0.1) is 0 Å². The summed E-state index contributed by atoms with van der Waals surface area (Å²) in [5.74, 6) is 0. The molecule has 21 heavy (non-hydrogen) atoms. The Labute approximate surface area is 136 Å². The monoisotopic (exact) mass is 377 g/mol. The van der Waals surface area contributed by atoms with Gasteiger partial charge >= 0.3 is 0 Å². The van der Waals surface area contributed by atoms with Crippen molar-refractivity contribution in [1.29, 1.82) is 0 Å². The molecule has 0 saturated heterocycles. The molecule has 0 spiro atoms. The van der Waals surface area contributed by atoms with Crippen LogP contribution in [-0.2, 0) is 16.6 Å². The molecule has 5 nitrogen and oxygen atoms in total. The van der Waals surface area contributed by atoms with Gasteiger partial charge < -0.3 is 10.2 Å². The molecule has 1 rings (SSSR count). The summed E-state index contributed by atoms with van der Waals surface area (Å²) in [6, 6.07) is 5.40. The molecule has 0 saturated carbocycles. The zero-order valence-corrected chi connectivity index (χ0v) is 15.2. The van der Waals surface area contributed by atoms with Crippen molar-refractivity contribution < 1.29 is 8.42 Å². The molecule has 1 aromatic carbocycles. The van der Waals surface area contributed by atoms with E-state index in [4.69, 9.17) is 0 Å². The second-order valence-corrected chi connectivity index (χ2v) is 7.43. The largest absolute Gasteiger partial charge is 0.313 e. The van der Waals surface area contributed by atoms with E-state index in [0.29, 0.717) is 24.1 Å². The van der Waals surface area contributed by atoms with Crippen LogP contribution in [0.3, 0.4) is 0 Å². The molecule has 0 radical (unpaired) electrons. The first-order chi connectivity index (χ1) is 9.90. The number of rotatable bonds is 9. The Hall–Kier alpha value is -0.470. The molecule has 7 heteroatoms. The van der Waals surface area contributed by atoms with Crippen molar-refractivity contribution in [2.45, 2.75) is 25.3 Å². The minimum absolute atomic E-state index is 0.289. The number of benzene rings is 1. The maximum Gasteiger partial charge on any atom is 0.241 e. The van der Waals surface area contributed by atoms with Gasteiger partial charge in [-0.2, -0.15) is 0 Å². The molecule has 0 amide bonds. The number of sulfonamides is 1. The van der Waals surface area contributed by atoms with Crippen molar-refractivity contribution >= 4 is 26.0 Å². The normalized spacial score (nSPS) is 12.0. The number of hydrogen-bond acceptors (Lipinski definition) is 4. The van der Waals surface area contributed by atoms with Crippen molar-refractivity contribution in [3.05, 3.63) is 28.2 Å². The van der Waals surface area contributed by atoms with Gasteiger partial charge in [0.2, 0.25) is 10.0 Å². The SMILES string of the molecule is CCNCc1ccc(Br)c(S(=O)(=O)NCCN(C)CC)c1. The van der Waals surface area contributed by atoms with Crippen LogP contribution >= 0.6 is 15.9 Å². The summed E-state index contributed by atoms with van der Waals surface area (Å²) in [5.41, 5.74) is 0.950. The van der Waals surface area contributed by atoms with Gasteiger partial charge in [0.25, 0.3) is 0 Å². The lowest BCUT2D eigenvalue weighted by Gasteiger charge is -2.15. The third-order valence-corrected chi connectivity index (χ3v) is 5.64. The zero-order chi connectivity index (χ0) is 15.9. The molecule has 0 heterocycles. The van der Waals surface area contributed by atoms with Crippen molar-refractivity contribution in [3.8, 4) is 0 Å². The van der Waals surface area contributed by atoms with Crippen molar-refractivity contribution in [1.82, 2.24) is 14.9 Å². The van der Waals surface area contributed by atoms with Crippen molar-refractivity contribution in [3.63, 3.8) is 0 Å². The molecular weight excluding hydrogens is 354 g/mol. The summed E-state index contributed by atoms with van der Waals surface area (Å²) in [4.78, 5) is 2.34. The predicted molar refractivity (Wildman–Crippen MR) is 89.9 cm³/mol. The van der Waals surface area contributed by atoms with Gasteiger partial charge in [0.1, 0.15) is 0 Å². The Kier molecular flexibility index (Phi) is 7.83. The van der Waals surface area contributed by atoms with Crippen LogP contribution in [-0.4, -0.2) is 46.5 Å². The fourth-order valence-corrected chi connectivity index (χ4v) is 3.77. The minimum Gasteiger partial charge on any atom is -0.313 e. The van der Waals surface area contributed by atoms with Crippen LogP contribution in [0.15, 0.2) is 27.6 Å². The van der Waals surface area contributed by atoms with Crippen LogP contribution in [0.5, 0.6) is 0 Å². The fraction of sp³-hybridized carbons (Fsp3) is 0.571. The highest BCUT2D eigenvalue weighted by atomic mass is 79.9. The molecule has 120 valence electrons. The molecule has 0 atom stereocenters. The molecule has 2 N–H and O–H groups in total. The molecule has 0 fully saturated rings. The van der Waals surface area contributed by atoms with E-state index in [0.717, 1.165) is 18.7 Å².